The topological polar surface area (TPSA) is 136 Å². The van der Waals surface area contributed by atoms with E-state index < -0.39 is 29.9 Å². The third-order valence-electron chi connectivity index (χ3n) is 7.37. The van der Waals surface area contributed by atoms with Gasteiger partial charge in [0, 0.05) is 29.3 Å². The first-order valence-electron chi connectivity index (χ1n) is 14.5. The maximum absolute atomic E-state index is 14.6. The largest absolute Gasteiger partial charge is 0.464 e. The molecule has 2 aromatic heterocycles. The number of aromatic nitrogens is 3. The molecule has 2 aromatic carbocycles. The Bertz CT molecular complexity index is 1710. The summed E-state index contributed by atoms with van der Waals surface area (Å²) in [6, 6.07) is 12.4. The fourth-order valence-corrected chi connectivity index (χ4v) is 5.29. The second-order valence-corrected chi connectivity index (χ2v) is 10.8. The fraction of sp³-hybridized carbons (Fsp3) is 0.281. The Hall–Kier alpha value is -4.97. The minimum absolute atomic E-state index is 0.0499. The monoisotopic (exact) mass is 634 g/mol. The molecule has 2 atom stereocenters. The highest BCUT2D eigenvalue weighted by molar-refractivity contribution is 6.30. The summed E-state index contributed by atoms with van der Waals surface area (Å²) in [5.41, 5.74) is 3.59. The van der Waals surface area contributed by atoms with E-state index in [9.17, 15) is 18.8 Å². The van der Waals surface area contributed by atoms with Gasteiger partial charge in [-0.25, -0.2) is 18.7 Å². The summed E-state index contributed by atoms with van der Waals surface area (Å²) in [5.74, 6) is -1.43. The summed E-state index contributed by atoms with van der Waals surface area (Å²) < 4.78 is 25.9. The third kappa shape index (κ3) is 7.40. The number of benzene rings is 2. The van der Waals surface area contributed by atoms with Crippen molar-refractivity contribution in [1.29, 1.82) is 0 Å². The zero-order valence-electron chi connectivity index (χ0n) is 24.7. The van der Waals surface area contributed by atoms with Crippen molar-refractivity contribution >= 4 is 40.9 Å². The first-order chi connectivity index (χ1) is 21.8. The van der Waals surface area contributed by atoms with Gasteiger partial charge in [0.05, 0.1) is 42.2 Å². The lowest BCUT2D eigenvalue weighted by atomic mass is 9.96. The van der Waals surface area contributed by atoms with Crippen LogP contribution in [0.3, 0.4) is 0 Å². The van der Waals surface area contributed by atoms with Crippen molar-refractivity contribution in [2.75, 3.05) is 24.4 Å². The number of amides is 2. The Morgan fingerprint density at radius 3 is 2.76 bits per heavy atom. The Morgan fingerprint density at radius 1 is 1.13 bits per heavy atom. The van der Waals surface area contributed by atoms with Gasteiger partial charge in [-0.15, -0.1) is 0 Å². The Labute approximate surface area is 264 Å². The quantitative estimate of drug-likeness (QED) is 0.210. The lowest BCUT2D eigenvalue weighted by molar-refractivity contribution is -0.144. The third-order valence-corrected chi connectivity index (χ3v) is 7.66. The molecule has 11 nitrogen and oxygen atoms in total. The lowest BCUT2D eigenvalue weighted by Gasteiger charge is -2.24. The van der Waals surface area contributed by atoms with Crippen molar-refractivity contribution in [1.82, 2.24) is 20.1 Å². The van der Waals surface area contributed by atoms with E-state index in [4.69, 9.17) is 21.1 Å². The molecule has 3 N–H and O–H groups in total. The molecule has 0 saturated heterocycles. The smallest absolute Gasteiger partial charge is 0.411 e. The minimum atomic E-state index is -0.649. The zero-order valence-corrected chi connectivity index (χ0v) is 25.4. The molecule has 13 heteroatoms. The van der Waals surface area contributed by atoms with Crippen molar-refractivity contribution in [3.05, 3.63) is 89.2 Å². The first-order valence-corrected chi connectivity index (χ1v) is 14.8. The van der Waals surface area contributed by atoms with Gasteiger partial charge in [-0.3, -0.25) is 15.1 Å². The number of rotatable bonds is 6. The summed E-state index contributed by atoms with van der Waals surface area (Å²) in [7, 11) is 1.27. The van der Waals surface area contributed by atoms with Crippen molar-refractivity contribution in [2.45, 2.75) is 44.7 Å². The van der Waals surface area contributed by atoms with E-state index in [0.717, 1.165) is 11.1 Å². The van der Waals surface area contributed by atoms with Crippen molar-refractivity contribution in [3.8, 4) is 16.8 Å². The predicted molar refractivity (Wildman–Crippen MR) is 167 cm³/mol. The van der Waals surface area contributed by atoms with E-state index in [0.29, 0.717) is 42.8 Å². The molecule has 2 bridgehead atoms. The van der Waals surface area contributed by atoms with Crippen LogP contribution in [0.1, 0.15) is 54.7 Å². The molecule has 3 heterocycles. The molecular weight excluding hydrogens is 603 g/mol. The number of carbonyl (C=O) groups excluding carboxylic acids is 3. The molecule has 0 fully saturated rings. The van der Waals surface area contributed by atoms with E-state index in [2.05, 4.69) is 26.0 Å². The number of fused-ring (bicyclic) bond motifs is 4. The van der Waals surface area contributed by atoms with Crippen LogP contribution in [0.2, 0.25) is 5.02 Å². The van der Waals surface area contributed by atoms with Gasteiger partial charge in [-0.05, 0) is 61.7 Å². The molecule has 45 heavy (non-hydrogen) atoms. The number of methoxy groups -OCH3 is 1. The van der Waals surface area contributed by atoms with Crippen LogP contribution in [0, 0.1) is 5.82 Å². The molecule has 0 radical (unpaired) electrons. The molecule has 1 aliphatic rings. The number of pyridine rings is 1. The van der Waals surface area contributed by atoms with Crippen molar-refractivity contribution in [3.63, 3.8) is 0 Å². The van der Waals surface area contributed by atoms with Gasteiger partial charge in [-0.2, -0.15) is 5.10 Å². The zero-order chi connectivity index (χ0) is 31.9. The molecule has 234 valence electrons. The molecule has 0 unspecified atom stereocenters. The van der Waals surface area contributed by atoms with Gasteiger partial charge >= 0.3 is 12.1 Å². The number of hydrogen-bond donors (Lipinski definition) is 3. The Kier molecular flexibility index (Phi) is 9.93. The van der Waals surface area contributed by atoms with E-state index in [1.807, 2.05) is 18.2 Å². The van der Waals surface area contributed by atoms with Gasteiger partial charge in [0.2, 0.25) is 0 Å². The average Bonchev–Trinajstić information content (AvgIpc) is 3.53. The highest BCUT2D eigenvalue weighted by Crippen LogP contribution is 2.34. The van der Waals surface area contributed by atoms with Crippen LogP contribution in [0.15, 0.2) is 67.1 Å². The Balaban J connectivity index is 1.46. The van der Waals surface area contributed by atoms with Crippen LogP contribution in [0.25, 0.3) is 16.8 Å². The van der Waals surface area contributed by atoms with Gasteiger partial charge in [0.25, 0.3) is 5.91 Å². The average molecular weight is 635 g/mol. The number of esters is 1. The standard InChI is InChI=1S/C32H32ClFN6O5/c1-3-45-31(42)25-9-5-4-8-24(39-30(41)20-17-36-40(18-20)28-10-6-7-23(33)29(28)34)27-15-19(13-14-35-27)22-12-11-21(16-26(22)38-25)37-32(43)44-2/h6-7,10-18,24-25,38H,3-5,8-9H2,1-2H3,(H,37,43)(H,39,41)/t24-,25+/m0/s1. The van der Waals surface area contributed by atoms with Crippen LogP contribution in [-0.2, 0) is 14.3 Å². The number of nitrogens with one attached hydrogen (secondary N) is 3. The maximum Gasteiger partial charge on any atom is 0.411 e. The van der Waals surface area contributed by atoms with Gasteiger partial charge in [0.1, 0.15) is 11.7 Å². The first kappa shape index (κ1) is 31.5. The summed E-state index contributed by atoms with van der Waals surface area (Å²) in [6.07, 6.45) is 6.15. The van der Waals surface area contributed by atoms with Crippen molar-refractivity contribution < 1.29 is 28.2 Å². The second-order valence-electron chi connectivity index (χ2n) is 10.4. The Morgan fingerprint density at radius 2 is 1.96 bits per heavy atom. The van der Waals surface area contributed by atoms with Crippen LogP contribution in [-0.4, -0.2) is 52.5 Å². The molecular formula is C32H32ClFN6O5. The summed E-state index contributed by atoms with van der Waals surface area (Å²) in [4.78, 5) is 42.8. The van der Waals surface area contributed by atoms with Gasteiger partial charge < -0.3 is 20.1 Å². The lowest BCUT2D eigenvalue weighted by Crippen LogP contribution is -2.32. The predicted octanol–water partition coefficient (Wildman–Crippen LogP) is 6.29. The maximum atomic E-state index is 14.6. The fourth-order valence-electron chi connectivity index (χ4n) is 5.12. The molecule has 0 aliphatic carbocycles. The number of ether oxygens (including phenoxy) is 2. The van der Waals surface area contributed by atoms with Crippen LogP contribution in [0.4, 0.5) is 20.6 Å². The molecule has 1 aliphatic heterocycles. The summed E-state index contributed by atoms with van der Waals surface area (Å²) in [6.45, 7) is 1.98. The highest BCUT2D eigenvalue weighted by Gasteiger charge is 2.25. The number of anilines is 2. The van der Waals surface area contributed by atoms with Crippen LogP contribution >= 0.6 is 11.6 Å². The molecule has 4 aromatic rings. The minimum Gasteiger partial charge on any atom is -0.464 e. The highest BCUT2D eigenvalue weighted by atomic mass is 35.5. The molecule has 0 saturated carbocycles. The molecule has 5 rings (SSSR count). The van der Waals surface area contributed by atoms with Crippen LogP contribution < -0.4 is 16.0 Å². The summed E-state index contributed by atoms with van der Waals surface area (Å²) in [5, 5.41) is 13.2. The summed E-state index contributed by atoms with van der Waals surface area (Å²) >= 11 is 5.92. The van der Waals surface area contributed by atoms with E-state index in [-0.39, 0.29) is 28.8 Å². The van der Waals surface area contributed by atoms with Crippen molar-refractivity contribution in [2.24, 2.45) is 0 Å². The number of nitrogens with zero attached hydrogens (tertiary/aromatic N) is 3. The normalized spacial score (nSPS) is 16.2. The van der Waals surface area contributed by atoms with Gasteiger partial charge in [-0.1, -0.05) is 36.6 Å². The number of carbonyl (C=O) groups is 3. The van der Waals surface area contributed by atoms with E-state index in [1.165, 1.54) is 36.3 Å². The van der Waals surface area contributed by atoms with E-state index >= 15 is 0 Å². The molecule has 2 amide bonds. The van der Waals surface area contributed by atoms with E-state index in [1.54, 1.807) is 31.3 Å². The second kappa shape index (κ2) is 14.2. The number of halogens is 2. The molecule has 0 spiro atoms. The van der Waals surface area contributed by atoms with Crippen LogP contribution in [0.5, 0.6) is 0 Å². The number of hydrogen-bond acceptors (Lipinski definition) is 8. The SMILES string of the molecule is CCOC(=O)[C@H]1CCCC[C@H](NC(=O)c2cnn(-c3cccc(Cl)c3F)c2)c2cc(ccn2)-c2ccc(NC(=O)OC)cc2N1. The van der Waals surface area contributed by atoms with Gasteiger partial charge in [0.15, 0.2) is 5.82 Å².